The zero-order chi connectivity index (χ0) is 18.9. The van der Waals surface area contributed by atoms with E-state index in [1.165, 1.54) is 11.3 Å². The molecule has 0 bridgehead atoms. The second kappa shape index (κ2) is 7.40. The minimum atomic E-state index is -0.452. The fourth-order valence-electron chi connectivity index (χ4n) is 4.08. The van der Waals surface area contributed by atoms with E-state index in [1.807, 2.05) is 27.8 Å². The Hall–Kier alpha value is -2.25. The summed E-state index contributed by atoms with van der Waals surface area (Å²) in [6, 6.07) is 5.47. The highest BCUT2D eigenvalue weighted by Crippen LogP contribution is 2.42. The van der Waals surface area contributed by atoms with Gasteiger partial charge in [-0.15, -0.1) is 0 Å². The smallest absolute Gasteiger partial charge is 0.254 e. The maximum atomic E-state index is 12.6. The number of aromatic nitrogens is 1. The number of carbonyl (C=O) groups excluding carboxylic acids is 2. The van der Waals surface area contributed by atoms with Gasteiger partial charge in [-0.25, -0.2) is 0 Å². The van der Waals surface area contributed by atoms with Crippen LogP contribution in [0.25, 0.3) is 0 Å². The third-order valence-electron chi connectivity index (χ3n) is 5.68. The van der Waals surface area contributed by atoms with E-state index in [2.05, 4.69) is 17.2 Å². The lowest BCUT2D eigenvalue weighted by molar-refractivity contribution is -0.141. The van der Waals surface area contributed by atoms with Crippen molar-refractivity contribution in [2.24, 2.45) is 5.92 Å². The van der Waals surface area contributed by atoms with Crippen LogP contribution in [0, 0.1) is 5.92 Å². The SMILES string of the molecule is C[C@@H]1CN(C(=O)c2ccsc2)CC[C@@]12CC[C@H](C(=O)Nc1cccnc1)O2. The molecule has 7 heteroatoms. The van der Waals surface area contributed by atoms with Crippen molar-refractivity contribution in [1.29, 1.82) is 0 Å². The topological polar surface area (TPSA) is 71.5 Å². The molecule has 3 atom stereocenters. The number of anilines is 1. The predicted molar refractivity (Wildman–Crippen MR) is 104 cm³/mol. The first-order chi connectivity index (χ1) is 13.1. The highest BCUT2D eigenvalue weighted by Gasteiger charge is 2.49. The third kappa shape index (κ3) is 3.61. The van der Waals surface area contributed by atoms with Gasteiger partial charge in [-0.3, -0.25) is 14.6 Å². The molecule has 2 amide bonds. The van der Waals surface area contributed by atoms with Gasteiger partial charge in [-0.1, -0.05) is 6.92 Å². The molecule has 2 fully saturated rings. The number of hydrogen-bond acceptors (Lipinski definition) is 5. The molecule has 0 radical (unpaired) electrons. The van der Waals surface area contributed by atoms with Gasteiger partial charge in [0.2, 0.25) is 0 Å². The molecule has 1 N–H and O–H groups in total. The van der Waals surface area contributed by atoms with Crippen molar-refractivity contribution in [1.82, 2.24) is 9.88 Å². The van der Waals surface area contributed by atoms with Crippen LogP contribution in [0.3, 0.4) is 0 Å². The van der Waals surface area contributed by atoms with Gasteiger partial charge in [0.15, 0.2) is 0 Å². The fraction of sp³-hybridized carbons (Fsp3) is 0.450. The van der Waals surface area contributed by atoms with E-state index in [1.54, 1.807) is 18.5 Å². The van der Waals surface area contributed by atoms with Crippen molar-refractivity contribution in [3.8, 4) is 0 Å². The summed E-state index contributed by atoms with van der Waals surface area (Å²) in [6.45, 7) is 3.44. The molecular weight excluding hydrogens is 362 g/mol. The van der Waals surface area contributed by atoms with Crippen LogP contribution in [-0.4, -0.2) is 46.5 Å². The molecule has 2 aromatic rings. The second-order valence-electron chi connectivity index (χ2n) is 7.36. The molecule has 0 unspecified atom stereocenters. The first-order valence-corrected chi connectivity index (χ1v) is 10.2. The quantitative estimate of drug-likeness (QED) is 0.881. The number of rotatable bonds is 3. The Morgan fingerprint density at radius 1 is 1.37 bits per heavy atom. The molecule has 0 aliphatic carbocycles. The number of ether oxygens (including phenoxy) is 1. The molecule has 6 nitrogen and oxygen atoms in total. The number of thiophene rings is 1. The normalized spacial score (nSPS) is 27.7. The summed E-state index contributed by atoms with van der Waals surface area (Å²) < 4.78 is 6.29. The summed E-state index contributed by atoms with van der Waals surface area (Å²) in [5.74, 6) is 0.149. The highest BCUT2D eigenvalue weighted by atomic mass is 32.1. The van der Waals surface area contributed by atoms with Gasteiger partial charge < -0.3 is 15.0 Å². The molecule has 4 rings (SSSR count). The molecular formula is C20H23N3O3S. The highest BCUT2D eigenvalue weighted by molar-refractivity contribution is 7.08. The summed E-state index contributed by atoms with van der Waals surface area (Å²) in [6.07, 6.45) is 5.16. The molecule has 2 aliphatic heterocycles. The fourth-order valence-corrected chi connectivity index (χ4v) is 4.71. The van der Waals surface area contributed by atoms with Crippen molar-refractivity contribution in [2.45, 2.75) is 37.9 Å². The third-order valence-corrected chi connectivity index (χ3v) is 6.36. The van der Waals surface area contributed by atoms with Gasteiger partial charge >= 0.3 is 0 Å². The first kappa shape index (κ1) is 18.1. The number of likely N-dealkylation sites (tertiary alicyclic amines) is 1. The lowest BCUT2D eigenvalue weighted by atomic mass is 9.80. The van der Waals surface area contributed by atoms with E-state index in [0.717, 1.165) is 18.4 Å². The number of hydrogen-bond donors (Lipinski definition) is 1. The van der Waals surface area contributed by atoms with Gasteiger partial charge in [0, 0.05) is 30.6 Å². The van der Waals surface area contributed by atoms with E-state index in [-0.39, 0.29) is 23.3 Å². The van der Waals surface area contributed by atoms with Gasteiger partial charge in [0.05, 0.1) is 23.0 Å². The van der Waals surface area contributed by atoms with Crippen LogP contribution >= 0.6 is 11.3 Å². The van der Waals surface area contributed by atoms with Crippen LogP contribution in [0.15, 0.2) is 41.4 Å². The molecule has 2 aromatic heterocycles. The van der Waals surface area contributed by atoms with Crippen molar-refractivity contribution >= 4 is 28.8 Å². The number of piperidine rings is 1. The average molecular weight is 385 g/mol. The minimum absolute atomic E-state index is 0.0850. The Morgan fingerprint density at radius 3 is 2.96 bits per heavy atom. The molecule has 2 saturated heterocycles. The summed E-state index contributed by atoms with van der Waals surface area (Å²) in [5.41, 5.74) is 1.11. The van der Waals surface area contributed by atoms with Crippen LogP contribution in [0.1, 0.15) is 36.5 Å². The maximum Gasteiger partial charge on any atom is 0.254 e. The number of carbonyl (C=O) groups is 2. The number of nitrogens with zero attached hydrogens (tertiary/aromatic N) is 2. The number of nitrogens with one attached hydrogen (secondary N) is 1. The lowest BCUT2D eigenvalue weighted by Crippen LogP contribution is -2.52. The monoisotopic (exact) mass is 385 g/mol. The van der Waals surface area contributed by atoms with E-state index < -0.39 is 6.10 Å². The van der Waals surface area contributed by atoms with E-state index in [9.17, 15) is 9.59 Å². The van der Waals surface area contributed by atoms with E-state index in [0.29, 0.717) is 25.2 Å². The molecule has 2 aliphatic rings. The van der Waals surface area contributed by atoms with Crippen LogP contribution in [0.2, 0.25) is 0 Å². The molecule has 0 saturated carbocycles. The Labute approximate surface area is 162 Å². The lowest BCUT2D eigenvalue weighted by Gasteiger charge is -2.44. The van der Waals surface area contributed by atoms with Crippen molar-refractivity contribution in [3.63, 3.8) is 0 Å². The van der Waals surface area contributed by atoms with E-state index in [4.69, 9.17) is 4.74 Å². The molecule has 27 heavy (non-hydrogen) atoms. The van der Waals surface area contributed by atoms with Crippen molar-refractivity contribution in [2.75, 3.05) is 18.4 Å². The predicted octanol–water partition coefficient (Wildman–Crippen LogP) is 3.18. The summed E-state index contributed by atoms with van der Waals surface area (Å²) >= 11 is 1.53. The summed E-state index contributed by atoms with van der Waals surface area (Å²) in [7, 11) is 0. The van der Waals surface area contributed by atoms with Gasteiger partial charge in [-0.2, -0.15) is 11.3 Å². The zero-order valence-electron chi connectivity index (χ0n) is 15.3. The molecule has 0 aromatic carbocycles. The standard InChI is InChI=1S/C20H23N3O3S/c1-14-12-23(19(25)15-5-10-27-13-15)9-7-20(14)6-4-17(26-20)18(24)22-16-3-2-8-21-11-16/h2-3,5,8,10-11,13-14,17H,4,6-7,9,12H2,1H3,(H,22,24)/t14-,17-,20+/m1/s1. The van der Waals surface area contributed by atoms with Crippen molar-refractivity contribution < 1.29 is 14.3 Å². The van der Waals surface area contributed by atoms with Crippen LogP contribution < -0.4 is 5.32 Å². The average Bonchev–Trinajstić information content (AvgIpc) is 3.35. The number of amides is 2. The van der Waals surface area contributed by atoms with E-state index >= 15 is 0 Å². The molecule has 4 heterocycles. The minimum Gasteiger partial charge on any atom is -0.362 e. The largest absolute Gasteiger partial charge is 0.362 e. The van der Waals surface area contributed by atoms with Gasteiger partial charge in [0.1, 0.15) is 6.10 Å². The Balaban J connectivity index is 1.37. The Morgan fingerprint density at radius 2 is 2.26 bits per heavy atom. The molecule has 142 valence electrons. The maximum absolute atomic E-state index is 12.6. The zero-order valence-corrected chi connectivity index (χ0v) is 16.1. The summed E-state index contributed by atoms with van der Waals surface area (Å²) in [5, 5.41) is 6.69. The summed E-state index contributed by atoms with van der Waals surface area (Å²) in [4.78, 5) is 31.1. The van der Waals surface area contributed by atoms with Crippen LogP contribution in [-0.2, 0) is 9.53 Å². The second-order valence-corrected chi connectivity index (χ2v) is 8.14. The van der Waals surface area contributed by atoms with Crippen LogP contribution in [0.5, 0.6) is 0 Å². The van der Waals surface area contributed by atoms with Crippen molar-refractivity contribution in [3.05, 3.63) is 46.9 Å². The van der Waals surface area contributed by atoms with Crippen LogP contribution in [0.4, 0.5) is 5.69 Å². The van der Waals surface area contributed by atoms with Gasteiger partial charge in [-0.05, 0) is 42.8 Å². The van der Waals surface area contributed by atoms with Gasteiger partial charge in [0.25, 0.3) is 11.8 Å². The Kier molecular flexibility index (Phi) is 4.97. The first-order valence-electron chi connectivity index (χ1n) is 9.27. The number of pyridine rings is 1. The Bertz CT molecular complexity index is 811. The molecule has 1 spiro atoms.